The molecule has 2 unspecified atom stereocenters. The highest BCUT2D eigenvalue weighted by atomic mass is 32.2. The lowest BCUT2D eigenvalue weighted by Gasteiger charge is -2.24. The number of fused-ring (bicyclic) bond motifs is 1. The molecule has 7 nitrogen and oxygen atoms in total. The molecule has 1 fully saturated rings. The Hall–Kier alpha value is -2.39. The highest BCUT2D eigenvalue weighted by Crippen LogP contribution is 2.46. The van der Waals surface area contributed by atoms with E-state index in [9.17, 15) is 13.2 Å². The fourth-order valence-electron chi connectivity index (χ4n) is 4.72. The normalized spacial score (nSPS) is 23.0. The molecule has 1 aromatic heterocycles. The van der Waals surface area contributed by atoms with Crippen LogP contribution in [0.3, 0.4) is 0 Å². The standard InChI is InChI=1S/C24H30N4O3S2/c1-6-12-28-22(17-11-13-33(30,31)15-17)25-26-23(28)32-16(2)20(29)14-21-24(3,4)18-9-7-8-10-19(18)27(21)5/h6-10,14,16-17H,1,11-13,15H2,2-5H3. The van der Waals surface area contributed by atoms with Crippen LogP contribution < -0.4 is 4.90 Å². The van der Waals surface area contributed by atoms with Gasteiger partial charge in [-0.2, -0.15) is 0 Å². The molecule has 1 saturated heterocycles. The van der Waals surface area contributed by atoms with Gasteiger partial charge < -0.3 is 9.47 Å². The number of rotatable bonds is 7. The molecule has 3 heterocycles. The van der Waals surface area contributed by atoms with Crippen molar-refractivity contribution < 1.29 is 13.2 Å². The average molecular weight is 487 g/mol. The Labute approximate surface area is 199 Å². The lowest BCUT2D eigenvalue weighted by atomic mass is 9.83. The maximum atomic E-state index is 13.2. The summed E-state index contributed by atoms with van der Waals surface area (Å²) >= 11 is 1.35. The van der Waals surface area contributed by atoms with Gasteiger partial charge in [0.25, 0.3) is 0 Å². The summed E-state index contributed by atoms with van der Waals surface area (Å²) in [6, 6.07) is 8.21. The molecule has 2 aliphatic rings. The lowest BCUT2D eigenvalue weighted by Crippen LogP contribution is -2.25. The van der Waals surface area contributed by atoms with Crippen LogP contribution in [0.5, 0.6) is 0 Å². The summed E-state index contributed by atoms with van der Waals surface area (Å²) in [5, 5.41) is 8.84. The third-order valence-corrected chi connectivity index (χ3v) is 9.42. The molecular weight excluding hydrogens is 456 g/mol. The van der Waals surface area contributed by atoms with Crippen LogP contribution in [0.1, 0.15) is 44.5 Å². The van der Waals surface area contributed by atoms with E-state index in [1.807, 2.05) is 30.7 Å². The quantitative estimate of drug-likeness (QED) is 0.335. The molecule has 0 N–H and O–H groups in total. The molecule has 0 saturated carbocycles. The number of hydrogen-bond donors (Lipinski definition) is 0. The van der Waals surface area contributed by atoms with Gasteiger partial charge in [0, 0.05) is 42.4 Å². The van der Waals surface area contributed by atoms with Gasteiger partial charge in [0.05, 0.1) is 16.8 Å². The van der Waals surface area contributed by atoms with Crippen LogP contribution in [0.25, 0.3) is 0 Å². The maximum absolute atomic E-state index is 13.2. The third kappa shape index (κ3) is 4.40. The zero-order valence-electron chi connectivity index (χ0n) is 19.5. The van der Waals surface area contributed by atoms with Crippen molar-refractivity contribution in [3.05, 3.63) is 60.1 Å². The average Bonchev–Trinajstić information content (AvgIpc) is 3.38. The van der Waals surface area contributed by atoms with Crippen LogP contribution in [0.4, 0.5) is 5.69 Å². The van der Waals surface area contributed by atoms with Gasteiger partial charge in [0.2, 0.25) is 0 Å². The summed E-state index contributed by atoms with van der Waals surface area (Å²) < 4.78 is 25.8. The molecule has 9 heteroatoms. The summed E-state index contributed by atoms with van der Waals surface area (Å²) in [7, 11) is -1.04. The van der Waals surface area contributed by atoms with E-state index in [-0.39, 0.29) is 33.9 Å². The Morgan fingerprint density at radius 3 is 2.70 bits per heavy atom. The van der Waals surface area contributed by atoms with Gasteiger partial charge in [-0.15, -0.1) is 16.8 Å². The molecule has 4 rings (SSSR count). The zero-order chi connectivity index (χ0) is 24.0. The van der Waals surface area contributed by atoms with E-state index in [1.165, 1.54) is 17.3 Å². The lowest BCUT2D eigenvalue weighted by molar-refractivity contribution is -0.114. The number of anilines is 1. The predicted molar refractivity (Wildman–Crippen MR) is 133 cm³/mol. The Morgan fingerprint density at radius 1 is 1.33 bits per heavy atom. The SMILES string of the molecule is C=CCn1c(SC(C)C(=O)C=C2N(C)c3ccccc3C2(C)C)nnc1C1CCS(=O)(=O)C1. The topological polar surface area (TPSA) is 85.2 Å². The summed E-state index contributed by atoms with van der Waals surface area (Å²) in [5.74, 6) is 0.755. The first-order valence-electron chi connectivity index (χ1n) is 11.1. The monoisotopic (exact) mass is 486 g/mol. The van der Waals surface area contributed by atoms with E-state index in [4.69, 9.17) is 0 Å². The highest BCUT2D eigenvalue weighted by molar-refractivity contribution is 8.00. The largest absolute Gasteiger partial charge is 0.347 e. The number of benzene rings is 1. The van der Waals surface area contributed by atoms with Crippen molar-refractivity contribution in [2.24, 2.45) is 0 Å². The Morgan fingerprint density at radius 2 is 2.06 bits per heavy atom. The molecule has 2 atom stereocenters. The fourth-order valence-corrected chi connectivity index (χ4v) is 7.34. The van der Waals surface area contributed by atoms with Crippen molar-refractivity contribution >= 4 is 33.1 Å². The van der Waals surface area contributed by atoms with Gasteiger partial charge in [0.15, 0.2) is 20.8 Å². The van der Waals surface area contributed by atoms with E-state index < -0.39 is 9.84 Å². The van der Waals surface area contributed by atoms with E-state index in [2.05, 4.69) is 47.7 Å². The van der Waals surface area contributed by atoms with Crippen molar-refractivity contribution in [2.75, 3.05) is 23.5 Å². The number of ketones is 1. The Balaban J connectivity index is 1.56. The maximum Gasteiger partial charge on any atom is 0.192 e. The molecule has 33 heavy (non-hydrogen) atoms. The first kappa shape index (κ1) is 23.8. The number of sulfone groups is 1. The third-order valence-electron chi connectivity index (χ3n) is 6.56. The van der Waals surface area contributed by atoms with Crippen molar-refractivity contribution in [3.63, 3.8) is 0 Å². The van der Waals surface area contributed by atoms with Crippen LogP contribution in [-0.2, 0) is 26.6 Å². The molecule has 0 amide bonds. The number of allylic oxidation sites excluding steroid dienone is 3. The Bertz CT molecular complexity index is 1230. The predicted octanol–water partition coefficient (Wildman–Crippen LogP) is 3.73. The zero-order valence-corrected chi connectivity index (χ0v) is 21.1. The minimum absolute atomic E-state index is 0.000813. The molecule has 2 aromatic rings. The van der Waals surface area contributed by atoms with E-state index in [1.54, 1.807) is 12.2 Å². The van der Waals surface area contributed by atoms with Gasteiger partial charge >= 0.3 is 0 Å². The minimum Gasteiger partial charge on any atom is -0.347 e. The number of carbonyl (C=O) groups is 1. The number of nitrogens with zero attached hydrogens (tertiary/aromatic N) is 4. The van der Waals surface area contributed by atoms with Gasteiger partial charge in [-0.05, 0) is 25.0 Å². The minimum atomic E-state index is -3.04. The van der Waals surface area contributed by atoms with Crippen LogP contribution in [-0.4, -0.2) is 52.8 Å². The number of carbonyl (C=O) groups excluding carboxylic acids is 1. The number of hydrogen-bond acceptors (Lipinski definition) is 7. The van der Waals surface area contributed by atoms with Crippen molar-refractivity contribution in [1.82, 2.24) is 14.8 Å². The van der Waals surface area contributed by atoms with Gasteiger partial charge in [-0.1, -0.05) is 49.9 Å². The molecule has 1 aromatic carbocycles. The van der Waals surface area contributed by atoms with Gasteiger partial charge in [-0.3, -0.25) is 4.79 Å². The molecule has 0 radical (unpaired) electrons. The van der Waals surface area contributed by atoms with Crippen LogP contribution in [0.15, 0.2) is 53.8 Å². The second-order valence-corrected chi connectivity index (χ2v) is 12.8. The number of aromatic nitrogens is 3. The fraction of sp³-hybridized carbons (Fsp3) is 0.458. The summed E-state index contributed by atoms with van der Waals surface area (Å²) in [4.78, 5) is 15.3. The molecule has 0 spiro atoms. The second kappa shape index (κ2) is 8.76. The molecule has 0 aliphatic carbocycles. The summed E-state index contributed by atoms with van der Waals surface area (Å²) in [6.07, 6.45) is 4.03. The Kier molecular flexibility index (Phi) is 6.30. The smallest absolute Gasteiger partial charge is 0.192 e. The van der Waals surface area contributed by atoms with Crippen molar-refractivity contribution in [1.29, 1.82) is 0 Å². The second-order valence-electron chi connectivity index (χ2n) is 9.23. The first-order valence-corrected chi connectivity index (χ1v) is 13.8. The first-order chi connectivity index (χ1) is 15.5. The van der Waals surface area contributed by atoms with Crippen LogP contribution in [0.2, 0.25) is 0 Å². The highest BCUT2D eigenvalue weighted by Gasteiger charge is 2.39. The molecular formula is C24H30N4O3S2. The van der Waals surface area contributed by atoms with Crippen molar-refractivity contribution in [2.45, 2.75) is 55.5 Å². The van der Waals surface area contributed by atoms with Gasteiger partial charge in [-0.25, -0.2) is 8.42 Å². The van der Waals surface area contributed by atoms with E-state index in [0.29, 0.717) is 23.9 Å². The van der Waals surface area contributed by atoms with Crippen LogP contribution >= 0.6 is 11.8 Å². The molecule has 0 bridgehead atoms. The summed E-state index contributed by atoms with van der Waals surface area (Å²) in [6.45, 7) is 10.4. The number of likely N-dealkylation sites (N-methyl/N-ethyl adjacent to an activating group) is 1. The number of para-hydroxylation sites is 1. The molecule has 176 valence electrons. The summed E-state index contributed by atoms with van der Waals surface area (Å²) in [5.41, 5.74) is 3.01. The van der Waals surface area contributed by atoms with Crippen LogP contribution in [0, 0.1) is 0 Å². The van der Waals surface area contributed by atoms with E-state index in [0.717, 1.165) is 11.4 Å². The molecule has 2 aliphatic heterocycles. The van der Waals surface area contributed by atoms with Gasteiger partial charge in [0.1, 0.15) is 5.82 Å². The number of thioether (sulfide) groups is 1. The van der Waals surface area contributed by atoms with Crippen molar-refractivity contribution in [3.8, 4) is 0 Å². The van der Waals surface area contributed by atoms with E-state index >= 15 is 0 Å².